The van der Waals surface area contributed by atoms with Crippen molar-refractivity contribution in [2.45, 2.75) is 6.92 Å². The van der Waals surface area contributed by atoms with Crippen molar-refractivity contribution in [2.24, 2.45) is 16.5 Å². The Kier molecular flexibility index (Phi) is 7.16. The molecule has 19 heavy (non-hydrogen) atoms. The second-order valence-electron chi connectivity index (χ2n) is 3.54. The van der Waals surface area contributed by atoms with Gasteiger partial charge in [-0.05, 0) is 31.2 Å². The van der Waals surface area contributed by atoms with Crippen LogP contribution in [0.5, 0.6) is 0 Å². The zero-order valence-electron chi connectivity index (χ0n) is 10.5. The first-order valence-corrected chi connectivity index (χ1v) is 5.44. The number of nitrogens with zero attached hydrogens (tertiary/aromatic N) is 1. The molecule has 1 amide bonds. The van der Waals surface area contributed by atoms with Gasteiger partial charge in [0.2, 0.25) is 0 Å². The predicted octanol–water partition coefficient (Wildman–Crippen LogP) is -4.16. The molecular weight excluding hydrogens is 268 g/mol. The standard InChI is InChI=1S/C11H16N6O.ClH/c1-2-15-9(18)7-3-5-8(6-4-7)16-11(14)17-10(12)13;/h3-6H,2H2,1H3,(H,15,18)(H6,12,13,14,16,17);1H. The number of rotatable bonds is 3. The van der Waals surface area contributed by atoms with Crippen molar-refractivity contribution in [3.8, 4) is 0 Å². The van der Waals surface area contributed by atoms with E-state index in [1.165, 1.54) is 5.32 Å². The van der Waals surface area contributed by atoms with Crippen LogP contribution in [0.25, 0.3) is 0 Å². The van der Waals surface area contributed by atoms with Crippen LogP contribution in [0.1, 0.15) is 17.3 Å². The molecule has 0 heterocycles. The van der Waals surface area contributed by atoms with E-state index in [9.17, 15) is 4.79 Å². The normalized spacial score (nSPS) is 10.5. The number of hydrogen-bond acceptors (Lipinski definition) is 3. The summed E-state index contributed by atoms with van der Waals surface area (Å²) in [5.74, 6) is -0.139. The highest BCUT2D eigenvalue weighted by Gasteiger charge is 2.04. The molecule has 1 aromatic carbocycles. The van der Waals surface area contributed by atoms with Gasteiger partial charge in [0.05, 0.1) is 5.69 Å². The molecule has 8 N–H and O–H groups in total. The van der Waals surface area contributed by atoms with E-state index in [0.717, 1.165) is 0 Å². The summed E-state index contributed by atoms with van der Waals surface area (Å²) < 4.78 is 0. The molecule has 0 aliphatic rings. The maximum Gasteiger partial charge on any atom is 0.304 e. The number of carbonyl (C=O) groups is 1. The van der Waals surface area contributed by atoms with Crippen LogP contribution >= 0.6 is 0 Å². The average molecular weight is 285 g/mol. The Hall–Kier alpha value is -2.12. The topological polar surface area (TPSA) is 134 Å². The Labute approximate surface area is 117 Å². The second-order valence-corrected chi connectivity index (χ2v) is 3.54. The summed E-state index contributed by atoms with van der Waals surface area (Å²) in [6.45, 7) is 2.44. The second kappa shape index (κ2) is 8.06. The van der Waals surface area contributed by atoms with Gasteiger partial charge in [-0.25, -0.2) is 10.7 Å². The number of guanidine groups is 2. The maximum absolute atomic E-state index is 11.5. The summed E-state index contributed by atoms with van der Waals surface area (Å²) >= 11 is 0. The van der Waals surface area contributed by atoms with E-state index in [1.54, 1.807) is 24.3 Å². The number of benzene rings is 1. The fraction of sp³-hybridized carbons (Fsp3) is 0.182. The summed E-state index contributed by atoms with van der Waals surface area (Å²) in [4.78, 5) is 15.5. The predicted molar refractivity (Wildman–Crippen MR) is 69.6 cm³/mol. The summed E-state index contributed by atoms with van der Waals surface area (Å²) in [6.07, 6.45) is 0. The molecule has 0 atom stereocenters. The first-order chi connectivity index (χ1) is 8.52. The molecular formula is C11H17ClN6O. The molecule has 0 saturated heterocycles. The number of quaternary nitrogens is 1. The molecule has 0 aliphatic heterocycles. The Morgan fingerprint density at radius 1 is 1.37 bits per heavy atom. The lowest BCUT2D eigenvalue weighted by Crippen LogP contribution is -3.00. The number of nitrogens with two attached hydrogens (primary N) is 3. The molecule has 1 aromatic rings. The van der Waals surface area contributed by atoms with Gasteiger partial charge in [0.25, 0.3) is 11.9 Å². The first kappa shape index (κ1) is 16.9. The summed E-state index contributed by atoms with van der Waals surface area (Å²) in [5, 5.41) is 11.0. The summed E-state index contributed by atoms with van der Waals surface area (Å²) in [7, 11) is 0. The van der Waals surface area contributed by atoms with E-state index in [4.69, 9.17) is 16.9 Å². The first-order valence-electron chi connectivity index (χ1n) is 5.44. The molecule has 104 valence electrons. The fourth-order valence-corrected chi connectivity index (χ4v) is 1.29. The summed E-state index contributed by atoms with van der Waals surface area (Å²) in [5.41, 5.74) is 11.9. The van der Waals surface area contributed by atoms with E-state index in [0.29, 0.717) is 17.8 Å². The Morgan fingerprint density at radius 3 is 2.42 bits per heavy atom. The third-order valence-electron chi connectivity index (χ3n) is 2.03. The highest BCUT2D eigenvalue weighted by atomic mass is 35.5. The van der Waals surface area contributed by atoms with Gasteiger partial charge in [0.1, 0.15) is 0 Å². The van der Waals surface area contributed by atoms with E-state index in [-0.39, 0.29) is 30.2 Å². The van der Waals surface area contributed by atoms with Crippen LogP contribution in [0.3, 0.4) is 0 Å². The zero-order valence-corrected chi connectivity index (χ0v) is 11.2. The molecule has 0 aliphatic carbocycles. The highest BCUT2D eigenvalue weighted by Crippen LogP contribution is 2.12. The largest absolute Gasteiger partial charge is 1.00 e. The van der Waals surface area contributed by atoms with E-state index >= 15 is 0 Å². The van der Waals surface area contributed by atoms with E-state index in [2.05, 4.69) is 10.3 Å². The van der Waals surface area contributed by atoms with Crippen molar-refractivity contribution in [3.05, 3.63) is 29.8 Å². The minimum atomic E-state index is -0.157. The Balaban J connectivity index is 0.00000324. The molecule has 0 saturated carbocycles. The van der Waals surface area contributed by atoms with Crippen molar-refractivity contribution < 1.29 is 22.5 Å². The molecule has 0 unspecified atom stereocenters. The van der Waals surface area contributed by atoms with Crippen LogP contribution in [0.15, 0.2) is 29.3 Å². The third-order valence-corrected chi connectivity index (χ3v) is 2.03. The lowest BCUT2D eigenvalue weighted by Gasteiger charge is -2.02. The lowest BCUT2D eigenvalue weighted by atomic mass is 10.2. The van der Waals surface area contributed by atoms with Gasteiger partial charge >= 0.3 is 5.96 Å². The van der Waals surface area contributed by atoms with Crippen molar-refractivity contribution in [2.75, 3.05) is 6.54 Å². The van der Waals surface area contributed by atoms with Crippen molar-refractivity contribution in [3.63, 3.8) is 0 Å². The Morgan fingerprint density at radius 2 is 1.95 bits per heavy atom. The van der Waals surface area contributed by atoms with Crippen LogP contribution in [0.2, 0.25) is 0 Å². The molecule has 0 bridgehead atoms. The highest BCUT2D eigenvalue weighted by molar-refractivity contribution is 5.94. The van der Waals surface area contributed by atoms with Gasteiger partial charge in [-0.1, -0.05) is 0 Å². The zero-order chi connectivity index (χ0) is 13.5. The minimum Gasteiger partial charge on any atom is -1.00 e. The molecule has 8 heteroatoms. The van der Waals surface area contributed by atoms with Gasteiger partial charge in [-0.3, -0.25) is 4.79 Å². The SMILES string of the molecule is CCNC(=O)c1ccc(N=C(N)[NH2+]C(=N)N)cc1.[Cl-]. The van der Waals surface area contributed by atoms with E-state index in [1.807, 2.05) is 6.92 Å². The number of hydrogen-bond donors (Lipinski definition) is 5. The van der Waals surface area contributed by atoms with Crippen molar-refractivity contribution in [1.82, 2.24) is 5.32 Å². The van der Waals surface area contributed by atoms with Crippen molar-refractivity contribution in [1.29, 1.82) is 5.41 Å². The number of halogens is 1. The smallest absolute Gasteiger partial charge is 0.304 e. The number of aliphatic imine (C=N–C) groups is 1. The maximum atomic E-state index is 11.5. The fourth-order valence-electron chi connectivity index (χ4n) is 1.29. The minimum absolute atomic E-state index is 0. The number of nitrogens with one attached hydrogen (secondary N) is 2. The van der Waals surface area contributed by atoms with Gasteiger partial charge in [-0.2, -0.15) is 4.99 Å². The van der Waals surface area contributed by atoms with E-state index < -0.39 is 0 Å². The van der Waals surface area contributed by atoms with Crippen LogP contribution in [0.4, 0.5) is 5.69 Å². The Bertz CT molecular complexity index is 471. The number of amides is 1. The van der Waals surface area contributed by atoms with Gasteiger partial charge in [0.15, 0.2) is 0 Å². The molecule has 0 aromatic heterocycles. The van der Waals surface area contributed by atoms with Crippen LogP contribution in [-0.2, 0) is 0 Å². The van der Waals surface area contributed by atoms with Gasteiger partial charge < -0.3 is 29.2 Å². The lowest BCUT2D eigenvalue weighted by molar-refractivity contribution is -0.413. The number of carbonyl (C=O) groups excluding carboxylic acids is 1. The quantitative estimate of drug-likeness (QED) is 0.285. The average Bonchev–Trinajstić information content (AvgIpc) is 2.29. The molecule has 0 fully saturated rings. The molecule has 1 rings (SSSR count). The summed E-state index contributed by atoms with van der Waals surface area (Å²) in [6, 6.07) is 6.66. The van der Waals surface area contributed by atoms with Gasteiger partial charge in [0, 0.05) is 12.1 Å². The molecule has 7 nitrogen and oxygen atoms in total. The monoisotopic (exact) mass is 284 g/mol. The van der Waals surface area contributed by atoms with Crippen LogP contribution in [0, 0.1) is 5.41 Å². The van der Waals surface area contributed by atoms with Crippen molar-refractivity contribution >= 4 is 23.5 Å². The third kappa shape index (κ3) is 5.84. The van der Waals surface area contributed by atoms with Crippen LogP contribution in [-0.4, -0.2) is 24.4 Å². The molecule has 0 radical (unpaired) electrons. The van der Waals surface area contributed by atoms with Crippen LogP contribution < -0.4 is 34.5 Å². The van der Waals surface area contributed by atoms with Gasteiger partial charge in [-0.15, -0.1) is 0 Å². The molecule has 0 spiro atoms.